The van der Waals surface area contributed by atoms with Crippen LogP contribution < -0.4 is 9.47 Å². The van der Waals surface area contributed by atoms with Crippen molar-refractivity contribution in [1.82, 2.24) is 0 Å². The van der Waals surface area contributed by atoms with E-state index in [1.54, 1.807) is 42.5 Å². The van der Waals surface area contributed by atoms with Crippen molar-refractivity contribution in [2.75, 3.05) is 20.8 Å². The zero-order valence-corrected chi connectivity index (χ0v) is 15.6. The minimum atomic E-state index is -0.540. The predicted octanol–water partition coefficient (Wildman–Crippen LogP) is 4.62. The first-order chi connectivity index (χ1) is 12.5. The first-order valence-corrected chi connectivity index (χ1v) is 8.19. The number of ether oxygens (including phenoxy) is 3. The van der Waals surface area contributed by atoms with E-state index < -0.39 is 5.97 Å². The van der Waals surface area contributed by atoms with Gasteiger partial charge >= 0.3 is 5.97 Å². The Kier molecular flexibility index (Phi) is 6.90. The van der Waals surface area contributed by atoms with Gasteiger partial charge in [0, 0.05) is 5.02 Å². The van der Waals surface area contributed by atoms with Gasteiger partial charge in [0.15, 0.2) is 18.1 Å². The SMILES string of the molecule is COC(=O)COc1c(Cl)cc(/C=C(/C#N)c2ccc(Cl)cc2)cc1OC. The summed E-state index contributed by atoms with van der Waals surface area (Å²) in [5, 5.41) is 10.3. The lowest BCUT2D eigenvalue weighted by Crippen LogP contribution is -2.13. The Morgan fingerprint density at radius 1 is 1.19 bits per heavy atom. The Morgan fingerprint density at radius 2 is 1.88 bits per heavy atom. The molecule has 0 amide bonds. The van der Waals surface area contributed by atoms with Gasteiger partial charge in [0.05, 0.1) is 30.9 Å². The topological polar surface area (TPSA) is 68.5 Å². The molecule has 0 atom stereocenters. The third-order valence-corrected chi connectivity index (χ3v) is 3.93. The van der Waals surface area contributed by atoms with Gasteiger partial charge in [-0.1, -0.05) is 35.3 Å². The van der Waals surface area contributed by atoms with Crippen LogP contribution in [0, 0.1) is 11.3 Å². The highest BCUT2D eigenvalue weighted by atomic mass is 35.5. The van der Waals surface area contributed by atoms with Gasteiger partial charge in [-0.15, -0.1) is 0 Å². The number of hydrogen-bond donors (Lipinski definition) is 0. The molecule has 0 aliphatic carbocycles. The number of esters is 1. The van der Waals surface area contributed by atoms with E-state index in [9.17, 15) is 10.1 Å². The number of hydrogen-bond acceptors (Lipinski definition) is 5. The number of carbonyl (C=O) groups is 1. The van der Waals surface area contributed by atoms with Gasteiger partial charge in [-0.05, 0) is 41.5 Å². The number of nitrogens with zero attached hydrogens (tertiary/aromatic N) is 1. The maximum atomic E-state index is 11.2. The Bertz CT molecular complexity index is 870. The minimum Gasteiger partial charge on any atom is -0.493 e. The number of allylic oxidation sites excluding steroid dienone is 1. The van der Waals surface area contributed by atoms with Gasteiger partial charge in [-0.3, -0.25) is 0 Å². The molecule has 0 aromatic heterocycles. The monoisotopic (exact) mass is 391 g/mol. The lowest BCUT2D eigenvalue weighted by atomic mass is 10.0. The summed E-state index contributed by atoms with van der Waals surface area (Å²) < 4.78 is 15.2. The zero-order valence-electron chi connectivity index (χ0n) is 14.1. The van der Waals surface area contributed by atoms with Crippen LogP contribution >= 0.6 is 23.2 Å². The molecule has 0 unspecified atom stereocenters. The molecular weight excluding hydrogens is 377 g/mol. The average molecular weight is 392 g/mol. The Hall–Kier alpha value is -2.68. The predicted molar refractivity (Wildman–Crippen MR) is 100 cm³/mol. The van der Waals surface area contributed by atoms with Crippen LogP contribution in [0.2, 0.25) is 10.0 Å². The fourth-order valence-corrected chi connectivity index (χ4v) is 2.53. The molecule has 0 radical (unpaired) electrons. The Morgan fingerprint density at radius 3 is 2.46 bits per heavy atom. The highest BCUT2D eigenvalue weighted by Crippen LogP contribution is 2.37. The number of benzene rings is 2. The lowest BCUT2D eigenvalue weighted by molar-refractivity contribution is -0.142. The van der Waals surface area contributed by atoms with Gasteiger partial charge in [0.2, 0.25) is 0 Å². The van der Waals surface area contributed by atoms with Crippen LogP contribution in [-0.4, -0.2) is 26.8 Å². The summed E-state index contributed by atoms with van der Waals surface area (Å²) in [5.41, 5.74) is 1.80. The van der Waals surface area contributed by atoms with Crippen LogP contribution in [-0.2, 0) is 9.53 Å². The first kappa shape index (κ1) is 19.6. The number of carbonyl (C=O) groups excluding carboxylic acids is 1. The van der Waals surface area contributed by atoms with Gasteiger partial charge in [0.1, 0.15) is 0 Å². The second kappa shape index (κ2) is 9.14. The second-order valence-electron chi connectivity index (χ2n) is 5.08. The molecule has 2 aromatic rings. The molecule has 2 rings (SSSR count). The van der Waals surface area contributed by atoms with E-state index in [-0.39, 0.29) is 17.4 Å². The number of rotatable bonds is 6. The third-order valence-electron chi connectivity index (χ3n) is 3.40. The zero-order chi connectivity index (χ0) is 19.1. The van der Waals surface area contributed by atoms with Crippen molar-refractivity contribution in [3.05, 3.63) is 57.6 Å². The lowest BCUT2D eigenvalue weighted by Gasteiger charge is -2.12. The quantitative estimate of drug-likeness (QED) is 0.408. The molecule has 0 aliphatic heterocycles. The molecule has 0 bridgehead atoms. The van der Waals surface area contributed by atoms with Gasteiger partial charge < -0.3 is 14.2 Å². The maximum absolute atomic E-state index is 11.2. The Balaban J connectivity index is 2.37. The summed E-state index contributed by atoms with van der Waals surface area (Å²) >= 11 is 12.1. The number of halogens is 2. The second-order valence-corrected chi connectivity index (χ2v) is 5.92. The molecule has 5 nitrogen and oxygen atoms in total. The smallest absolute Gasteiger partial charge is 0.343 e. The summed E-state index contributed by atoms with van der Waals surface area (Å²) in [4.78, 5) is 11.2. The van der Waals surface area contributed by atoms with Crippen molar-refractivity contribution < 1.29 is 19.0 Å². The van der Waals surface area contributed by atoms with E-state index >= 15 is 0 Å². The molecule has 0 aliphatic rings. The minimum absolute atomic E-state index is 0.224. The molecule has 0 spiro atoms. The molecule has 0 saturated heterocycles. The normalized spacial score (nSPS) is 10.8. The molecule has 0 fully saturated rings. The van der Waals surface area contributed by atoms with Crippen LogP contribution in [0.25, 0.3) is 11.6 Å². The molecule has 0 N–H and O–H groups in total. The molecular formula is C19H15Cl2NO4. The molecule has 7 heteroatoms. The van der Waals surface area contributed by atoms with Crippen LogP contribution in [0.1, 0.15) is 11.1 Å². The van der Waals surface area contributed by atoms with Crippen molar-refractivity contribution in [1.29, 1.82) is 5.26 Å². The van der Waals surface area contributed by atoms with Crippen molar-refractivity contribution >= 4 is 40.8 Å². The van der Waals surface area contributed by atoms with E-state index in [0.29, 0.717) is 21.9 Å². The van der Waals surface area contributed by atoms with Gasteiger partial charge in [-0.2, -0.15) is 5.26 Å². The Labute approximate surface area is 161 Å². The van der Waals surface area contributed by atoms with Crippen molar-refractivity contribution in [3.8, 4) is 17.6 Å². The van der Waals surface area contributed by atoms with E-state index in [0.717, 1.165) is 5.56 Å². The largest absolute Gasteiger partial charge is 0.493 e. The summed E-state index contributed by atoms with van der Waals surface area (Å²) in [7, 11) is 2.72. The molecule has 134 valence electrons. The number of nitriles is 1. The summed E-state index contributed by atoms with van der Waals surface area (Å²) in [6.07, 6.45) is 1.67. The molecule has 0 heterocycles. The standard InChI is InChI=1S/C19H15Cl2NO4/c1-24-17-9-12(8-16(21)19(17)26-11-18(23)25-2)7-14(10-22)13-3-5-15(20)6-4-13/h3-9H,11H2,1-2H3/b14-7-. The summed E-state index contributed by atoms with van der Waals surface area (Å²) in [6.45, 7) is -0.296. The molecule has 2 aromatic carbocycles. The van der Waals surface area contributed by atoms with Crippen LogP contribution in [0.3, 0.4) is 0 Å². The first-order valence-electron chi connectivity index (χ1n) is 7.43. The van der Waals surface area contributed by atoms with Gasteiger partial charge in [0.25, 0.3) is 0 Å². The van der Waals surface area contributed by atoms with Crippen LogP contribution in [0.4, 0.5) is 0 Å². The third kappa shape index (κ3) is 4.92. The van der Waals surface area contributed by atoms with Crippen molar-refractivity contribution in [3.63, 3.8) is 0 Å². The number of methoxy groups -OCH3 is 2. The maximum Gasteiger partial charge on any atom is 0.343 e. The van der Waals surface area contributed by atoms with Crippen molar-refractivity contribution in [2.45, 2.75) is 0 Å². The van der Waals surface area contributed by atoms with Gasteiger partial charge in [-0.25, -0.2) is 4.79 Å². The highest BCUT2D eigenvalue weighted by molar-refractivity contribution is 6.32. The van der Waals surface area contributed by atoms with E-state index in [4.69, 9.17) is 32.7 Å². The van der Waals surface area contributed by atoms with E-state index in [1.807, 2.05) is 0 Å². The molecule has 26 heavy (non-hydrogen) atoms. The average Bonchev–Trinajstić information content (AvgIpc) is 2.65. The van der Waals surface area contributed by atoms with Crippen molar-refractivity contribution in [2.24, 2.45) is 0 Å². The summed E-state index contributed by atoms with van der Waals surface area (Å²) in [5.74, 6) is 0.0179. The fourth-order valence-electron chi connectivity index (χ4n) is 2.13. The summed E-state index contributed by atoms with van der Waals surface area (Å²) in [6, 6.07) is 12.3. The fraction of sp³-hybridized carbons (Fsp3) is 0.158. The highest BCUT2D eigenvalue weighted by Gasteiger charge is 2.14. The van der Waals surface area contributed by atoms with E-state index in [2.05, 4.69) is 10.8 Å². The molecule has 0 saturated carbocycles. The van der Waals surface area contributed by atoms with Crippen LogP contribution in [0.15, 0.2) is 36.4 Å². The van der Waals surface area contributed by atoms with E-state index in [1.165, 1.54) is 14.2 Å². The van der Waals surface area contributed by atoms with Crippen LogP contribution in [0.5, 0.6) is 11.5 Å².